The predicted molar refractivity (Wildman–Crippen MR) is 81.5 cm³/mol. The fraction of sp³-hybridized carbons (Fsp3) is 0.562. The summed E-state index contributed by atoms with van der Waals surface area (Å²) in [4.78, 5) is 14.2. The molecule has 3 N–H and O–H groups in total. The van der Waals surface area contributed by atoms with Gasteiger partial charge >= 0.3 is 0 Å². The van der Waals surface area contributed by atoms with Crippen LogP contribution < -0.4 is 5.32 Å². The van der Waals surface area contributed by atoms with Gasteiger partial charge in [-0.3, -0.25) is 4.79 Å². The third-order valence-corrected chi connectivity index (χ3v) is 3.86. The molecule has 1 fully saturated rings. The van der Waals surface area contributed by atoms with Gasteiger partial charge in [0.15, 0.2) is 0 Å². The van der Waals surface area contributed by atoms with Crippen molar-refractivity contribution >= 4 is 5.91 Å². The molecule has 1 aliphatic heterocycles. The second-order valence-corrected chi connectivity index (χ2v) is 5.99. The van der Waals surface area contributed by atoms with Crippen LogP contribution in [0.15, 0.2) is 18.2 Å². The minimum Gasteiger partial charge on any atom is -0.507 e. The highest BCUT2D eigenvalue weighted by Crippen LogP contribution is 2.29. The summed E-state index contributed by atoms with van der Waals surface area (Å²) in [5, 5.41) is 23.0. The Labute approximate surface area is 125 Å². The van der Waals surface area contributed by atoms with E-state index in [0.717, 1.165) is 19.4 Å². The lowest BCUT2D eigenvalue weighted by atomic mass is 9.97. The van der Waals surface area contributed by atoms with Crippen molar-refractivity contribution in [3.05, 3.63) is 23.8 Å². The number of phenols is 2. The Morgan fingerprint density at radius 2 is 2.05 bits per heavy atom. The first-order chi connectivity index (χ1) is 9.99. The van der Waals surface area contributed by atoms with E-state index in [0.29, 0.717) is 25.0 Å². The fourth-order valence-electron chi connectivity index (χ4n) is 2.72. The lowest BCUT2D eigenvalue weighted by Gasteiger charge is -2.33. The van der Waals surface area contributed by atoms with Gasteiger partial charge in [0, 0.05) is 19.1 Å². The molecule has 1 aliphatic rings. The Morgan fingerprint density at radius 3 is 2.67 bits per heavy atom. The molecule has 1 heterocycles. The number of carbonyl (C=O) groups is 1. The minimum absolute atomic E-state index is 0.00923. The van der Waals surface area contributed by atoms with Crippen LogP contribution in [0.25, 0.3) is 0 Å². The first kappa shape index (κ1) is 15.6. The van der Waals surface area contributed by atoms with Gasteiger partial charge in [-0.05, 0) is 37.4 Å². The highest BCUT2D eigenvalue weighted by Gasteiger charge is 2.27. The van der Waals surface area contributed by atoms with Gasteiger partial charge in [0.1, 0.15) is 17.1 Å². The zero-order valence-corrected chi connectivity index (χ0v) is 12.7. The molecule has 5 heteroatoms. The molecule has 2 rings (SSSR count). The van der Waals surface area contributed by atoms with Crippen molar-refractivity contribution in [2.75, 3.05) is 19.6 Å². The smallest absolute Gasteiger partial charge is 0.261 e. The summed E-state index contributed by atoms with van der Waals surface area (Å²) in [6, 6.07) is 4.80. The van der Waals surface area contributed by atoms with E-state index in [1.165, 1.54) is 18.2 Å². The molecule has 1 aromatic carbocycles. The van der Waals surface area contributed by atoms with Crippen LogP contribution in [-0.4, -0.2) is 46.7 Å². The first-order valence-electron chi connectivity index (χ1n) is 7.52. The number of piperidine rings is 1. The van der Waals surface area contributed by atoms with Crippen molar-refractivity contribution in [2.24, 2.45) is 5.92 Å². The second kappa shape index (κ2) is 6.80. The van der Waals surface area contributed by atoms with E-state index in [1.807, 2.05) is 0 Å². The van der Waals surface area contributed by atoms with Gasteiger partial charge in [0.05, 0.1) is 0 Å². The van der Waals surface area contributed by atoms with Crippen LogP contribution in [0.1, 0.15) is 37.0 Å². The largest absolute Gasteiger partial charge is 0.507 e. The van der Waals surface area contributed by atoms with Crippen LogP contribution in [0.4, 0.5) is 0 Å². The summed E-state index contributed by atoms with van der Waals surface area (Å²) in [5.74, 6) is -0.206. The van der Waals surface area contributed by atoms with E-state index in [-0.39, 0.29) is 23.0 Å². The Balaban J connectivity index is 2.05. The van der Waals surface area contributed by atoms with E-state index >= 15 is 0 Å². The summed E-state index contributed by atoms with van der Waals surface area (Å²) >= 11 is 0. The molecule has 116 valence electrons. The number of carbonyl (C=O) groups excluding carboxylic acids is 1. The molecule has 5 nitrogen and oxygen atoms in total. The highest BCUT2D eigenvalue weighted by molar-refractivity contribution is 5.99. The molecule has 1 amide bonds. The van der Waals surface area contributed by atoms with E-state index in [2.05, 4.69) is 19.2 Å². The molecule has 0 aromatic heterocycles. The number of aromatic hydroxyl groups is 2. The molecule has 21 heavy (non-hydrogen) atoms. The zero-order chi connectivity index (χ0) is 15.4. The molecule has 0 radical (unpaired) electrons. The second-order valence-electron chi connectivity index (χ2n) is 5.99. The number of likely N-dealkylation sites (tertiary alicyclic amines) is 1. The summed E-state index contributed by atoms with van der Waals surface area (Å²) in [5.41, 5.74) is 0.00923. The van der Waals surface area contributed by atoms with Crippen molar-refractivity contribution in [1.29, 1.82) is 0 Å². The van der Waals surface area contributed by atoms with Gasteiger partial charge in [-0.25, -0.2) is 0 Å². The number of hydrogen-bond acceptors (Lipinski definition) is 4. The fourth-order valence-corrected chi connectivity index (χ4v) is 2.72. The normalized spacial score (nSPS) is 19.0. The van der Waals surface area contributed by atoms with Crippen molar-refractivity contribution in [2.45, 2.75) is 32.7 Å². The number of rotatable bonds is 4. The van der Waals surface area contributed by atoms with Gasteiger partial charge in [-0.1, -0.05) is 19.9 Å². The van der Waals surface area contributed by atoms with Gasteiger partial charge in [0.2, 0.25) is 0 Å². The highest BCUT2D eigenvalue weighted by atomic mass is 16.3. The van der Waals surface area contributed by atoms with E-state index in [4.69, 9.17) is 0 Å². The summed E-state index contributed by atoms with van der Waals surface area (Å²) in [6.45, 7) is 6.42. The Hall–Kier alpha value is -1.75. The van der Waals surface area contributed by atoms with E-state index in [9.17, 15) is 15.0 Å². The molecule has 1 atom stereocenters. The lowest BCUT2D eigenvalue weighted by Crippen LogP contribution is -2.43. The third-order valence-electron chi connectivity index (χ3n) is 3.86. The summed E-state index contributed by atoms with van der Waals surface area (Å²) in [7, 11) is 0. The lowest BCUT2D eigenvalue weighted by molar-refractivity contribution is 0.0666. The summed E-state index contributed by atoms with van der Waals surface area (Å²) in [6.07, 6.45) is 2.04. The maximum Gasteiger partial charge on any atom is 0.261 e. The number of amides is 1. The maximum absolute atomic E-state index is 12.5. The van der Waals surface area contributed by atoms with Crippen molar-refractivity contribution in [1.82, 2.24) is 10.2 Å². The van der Waals surface area contributed by atoms with Crippen LogP contribution in [-0.2, 0) is 0 Å². The monoisotopic (exact) mass is 292 g/mol. The predicted octanol–water partition coefficient (Wildman–Crippen LogP) is 1.95. The van der Waals surface area contributed by atoms with Crippen molar-refractivity contribution in [3.8, 4) is 11.5 Å². The SMILES string of the molecule is CC(C)NCC1CCCN(C(=O)c2c(O)cccc2O)C1. The molecule has 0 aliphatic carbocycles. The number of nitrogens with one attached hydrogen (secondary N) is 1. The van der Waals surface area contributed by atoms with Crippen molar-refractivity contribution in [3.63, 3.8) is 0 Å². The van der Waals surface area contributed by atoms with Crippen LogP contribution in [0, 0.1) is 5.92 Å². The number of benzene rings is 1. The molecule has 1 aromatic rings. The number of hydrogen-bond donors (Lipinski definition) is 3. The van der Waals surface area contributed by atoms with E-state index in [1.54, 1.807) is 4.90 Å². The molecule has 0 bridgehead atoms. The van der Waals surface area contributed by atoms with Crippen LogP contribution >= 0.6 is 0 Å². The Bertz CT molecular complexity index is 482. The Kier molecular flexibility index (Phi) is 5.07. The first-order valence-corrected chi connectivity index (χ1v) is 7.52. The van der Waals surface area contributed by atoms with Crippen molar-refractivity contribution < 1.29 is 15.0 Å². The van der Waals surface area contributed by atoms with Crippen LogP contribution in [0.5, 0.6) is 11.5 Å². The number of nitrogens with zero attached hydrogens (tertiary/aromatic N) is 1. The van der Waals surface area contributed by atoms with Crippen LogP contribution in [0.2, 0.25) is 0 Å². The van der Waals surface area contributed by atoms with Gasteiger partial charge < -0.3 is 20.4 Å². The third kappa shape index (κ3) is 3.88. The molecule has 1 unspecified atom stereocenters. The van der Waals surface area contributed by atoms with Crippen LogP contribution in [0.3, 0.4) is 0 Å². The molecular weight excluding hydrogens is 268 g/mol. The standard InChI is InChI=1S/C16H24N2O3/c1-11(2)17-9-12-5-4-8-18(10-12)16(21)15-13(19)6-3-7-14(15)20/h3,6-7,11-12,17,19-20H,4-5,8-10H2,1-2H3. The topological polar surface area (TPSA) is 72.8 Å². The maximum atomic E-state index is 12.5. The average molecular weight is 292 g/mol. The Morgan fingerprint density at radius 1 is 1.38 bits per heavy atom. The average Bonchev–Trinajstić information content (AvgIpc) is 2.45. The summed E-state index contributed by atoms with van der Waals surface area (Å²) < 4.78 is 0. The quantitative estimate of drug-likeness (QED) is 0.793. The molecular formula is C16H24N2O3. The molecule has 1 saturated heterocycles. The zero-order valence-electron chi connectivity index (χ0n) is 12.7. The van der Waals surface area contributed by atoms with E-state index < -0.39 is 0 Å². The van der Waals surface area contributed by atoms with Gasteiger partial charge in [-0.2, -0.15) is 0 Å². The molecule has 0 saturated carbocycles. The molecule has 0 spiro atoms. The number of phenolic OH excluding ortho intramolecular Hbond substituents is 2. The van der Waals surface area contributed by atoms with Gasteiger partial charge in [0.25, 0.3) is 5.91 Å². The van der Waals surface area contributed by atoms with Gasteiger partial charge in [-0.15, -0.1) is 0 Å². The minimum atomic E-state index is -0.292.